The Morgan fingerprint density at radius 1 is 1.13 bits per heavy atom. The number of carbonyl (C=O) groups excluding carboxylic acids is 1. The number of carbonyl (C=O) groups is 1. The highest BCUT2D eigenvalue weighted by Gasteiger charge is 2.13. The summed E-state index contributed by atoms with van der Waals surface area (Å²) in [6, 6.07) is 16.6. The predicted octanol–water partition coefficient (Wildman–Crippen LogP) is 5.98. The number of amides is 1. The number of oxazole rings is 1. The number of halogens is 2. The first-order valence-electron chi connectivity index (χ1n) is 9.50. The van der Waals surface area contributed by atoms with Crippen LogP contribution in [0.1, 0.15) is 22.8 Å². The summed E-state index contributed by atoms with van der Waals surface area (Å²) in [4.78, 5) is 16.8. The van der Waals surface area contributed by atoms with E-state index in [0.717, 1.165) is 12.0 Å². The van der Waals surface area contributed by atoms with Crippen molar-refractivity contribution in [2.75, 3.05) is 5.32 Å². The molecule has 0 saturated carbocycles. The predicted molar refractivity (Wildman–Crippen MR) is 124 cm³/mol. The first-order chi connectivity index (χ1) is 14.9. The van der Waals surface area contributed by atoms with Gasteiger partial charge in [-0.15, -0.1) is 0 Å². The lowest BCUT2D eigenvalue weighted by Gasteiger charge is -2.09. The molecule has 1 aromatic heterocycles. The number of benzene rings is 3. The Kier molecular flexibility index (Phi) is 5.97. The van der Waals surface area contributed by atoms with Gasteiger partial charge in [0, 0.05) is 11.3 Å². The average Bonchev–Trinajstić information content (AvgIpc) is 3.16. The lowest BCUT2D eigenvalue weighted by atomic mass is 10.1. The highest BCUT2D eigenvalue weighted by molar-refractivity contribution is 7.80. The Morgan fingerprint density at radius 3 is 2.61 bits per heavy atom. The zero-order chi connectivity index (χ0) is 22.0. The molecule has 0 aliphatic heterocycles. The van der Waals surface area contributed by atoms with Crippen LogP contribution in [0.25, 0.3) is 22.6 Å². The van der Waals surface area contributed by atoms with Crippen LogP contribution in [-0.2, 0) is 6.42 Å². The maximum absolute atomic E-state index is 13.3. The molecule has 0 atom stereocenters. The van der Waals surface area contributed by atoms with Crippen LogP contribution >= 0.6 is 23.8 Å². The van der Waals surface area contributed by atoms with E-state index in [9.17, 15) is 9.18 Å². The molecular weight excluding hydrogens is 437 g/mol. The van der Waals surface area contributed by atoms with Crippen molar-refractivity contribution < 1.29 is 13.6 Å². The highest BCUT2D eigenvalue weighted by Crippen LogP contribution is 2.31. The fourth-order valence-electron chi connectivity index (χ4n) is 3.01. The standard InChI is InChI=1S/C23H17ClFN3O2S/c1-2-13-3-5-14(6-4-13)21(29)28-23(31)26-16-8-10-20-19(12-16)27-22(30-20)17-9-7-15(25)11-18(17)24/h3-12H,2H2,1H3,(H2,26,28,29,31). The van der Waals surface area contributed by atoms with Crippen molar-refractivity contribution in [2.45, 2.75) is 13.3 Å². The normalized spacial score (nSPS) is 10.8. The number of rotatable bonds is 4. The van der Waals surface area contributed by atoms with Gasteiger partial charge in [-0.25, -0.2) is 9.37 Å². The second kappa shape index (κ2) is 8.83. The van der Waals surface area contributed by atoms with Gasteiger partial charge in [-0.3, -0.25) is 10.1 Å². The Balaban J connectivity index is 1.48. The number of fused-ring (bicyclic) bond motifs is 1. The summed E-state index contributed by atoms with van der Waals surface area (Å²) in [5.74, 6) is -0.451. The zero-order valence-corrected chi connectivity index (χ0v) is 18.0. The summed E-state index contributed by atoms with van der Waals surface area (Å²) >= 11 is 11.4. The van der Waals surface area contributed by atoms with Crippen LogP contribution in [0, 0.1) is 5.82 Å². The largest absolute Gasteiger partial charge is 0.436 e. The molecule has 0 fully saturated rings. The van der Waals surface area contributed by atoms with Crippen LogP contribution in [0.5, 0.6) is 0 Å². The number of nitrogens with zero attached hydrogens (tertiary/aromatic N) is 1. The van der Waals surface area contributed by atoms with E-state index in [0.29, 0.717) is 27.9 Å². The number of nitrogens with one attached hydrogen (secondary N) is 2. The molecule has 0 bridgehead atoms. The molecule has 0 aliphatic carbocycles. The fourth-order valence-corrected chi connectivity index (χ4v) is 3.47. The summed E-state index contributed by atoms with van der Waals surface area (Å²) in [7, 11) is 0. The van der Waals surface area contributed by atoms with Crippen molar-refractivity contribution in [1.29, 1.82) is 0 Å². The Bertz CT molecular complexity index is 1290. The lowest BCUT2D eigenvalue weighted by Crippen LogP contribution is -2.34. The molecule has 0 radical (unpaired) electrons. The first kappa shape index (κ1) is 21.0. The smallest absolute Gasteiger partial charge is 0.257 e. The minimum absolute atomic E-state index is 0.161. The van der Waals surface area contributed by atoms with E-state index in [2.05, 4.69) is 22.5 Å². The van der Waals surface area contributed by atoms with Crippen LogP contribution in [-0.4, -0.2) is 16.0 Å². The molecule has 4 aromatic rings. The van der Waals surface area contributed by atoms with Gasteiger partial charge in [0.2, 0.25) is 5.89 Å². The number of hydrogen-bond donors (Lipinski definition) is 2. The van der Waals surface area contributed by atoms with Gasteiger partial charge >= 0.3 is 0 Å². The highest BCUT2D eigenvalue weighted by atomic mass is 35.5. The van der Waals surface area contributed by atoms with Crippen molar-refractivity contribution in [3.8, 4) is 11.5 Å². The molecular formula is C23H17ClFN3O2S. The molecule has 156 valence electrons. The number of anilines is 1. The van der Waals surface area contributed by atoms with Gasteiger partial charge in [-0.2, -0.15) is 0 Å². The van der Waals surface area contributed by atoms with Crippen molar-refractivity contribution in [3.05, 3.63) is 82.6 Å². The van der Waals surface area contributed by atoms with Crippen molar-refractivity contribution in [3.63, 3.8) is 0 Å². The van der Waals surface area contributed by atoms with Crippen molar-refractivity contribution >= 4 is 51.6 Å². The van der Waals surface area contributed by atoms with Crippen LogP contribution < -0.4 is 10.6 Å². The monoisotopic (exact) mass is 453 g/mol. The second-order valence-corrected chi connectivity index (χ2v) is 7.60. The number of aryl methyl sites for hydroxylation is 1. The van der Waals surface area contributed by atoms with E-state index in [1.165, 1.54) is 18.2 Å². The summed E-state index contributed by atoms with van der Waals surface area (Å²) in [6.07, 6.45) is 0.904. The van der Waals surface area contributed by atoms with E-state index in [1.54, 1.807) is 30.3 Å². The van der Waals surface area contributed by atoms with Gasteiger partial charge in [0.15, 0.2) is 10.7 Å². The molecule has 5 nitrogen and oxygen atoms in total. The Labute approximate surface area is 188 Å². The first-order valence-corrected chi connectivity index (χ1v) is 10.3. The third kappa shape index (κ3) is 4.73. The molecule has 4 rings (SSSR count). The van der Waals surface area contributed by atoms with Gasteiger partial charge in [0.1, 0.15) is 11.3 Å². The van der Waals surface area contributed by atoms with E-state index in [-0.39, 0.29) is 21.9 Å². The minimum atomic E-state index is -0.437. The Hall–Kier alpha value is -3.29. The number of aromatic nitrogens is 1. The SMILES string of the molecule is CCc1ccc(C(=O)NC(=S)Nc2ccc3oc(-c4ccc(F)cc4Cl)nc3c2)cc1. The summed E-state index contributed by atoms with van der Waals surface area (Å²) in [5.41, 5.74) is 3.89. The van der Waals surface area contributed by atoms with E-state index < -0.39 is 5.82 Å². The molecule has 3 aromatic carbocycles. The quantitative estimate of drug-likeness (QED) is 0.372. The third-order valence-electron chi connectivity index (χ3n) is 4.66. The average molecular weight is 454 g/mol. The third-order valence-corrected chi connectivity index (χ3v) is 5.18. The minimum Gasteiger partial charge on any atom is -0.436 e. The van der Waals surface area contributed by atoms with Gasteiger partial charge < -0.3 is 9.73 Å². The van der Waals surface area contributed by atoms with Crippen LogP contribution in [0.4, 0.5) is 10.1 Å². The molecule has 8 heteroatoms. The van der Waals surface area contributed by atoms with E-state index in [1.807, 2.05) is 12.1 Å². The van der Waals surface area contributed by atoms with E-state index in [4.69, 9.17) is 28.2 Å². The molecule has 31 heavy (non-hydrogen) atoms. The summed E-state index contributed by atoms with van der Waals surface area (Å²) in [5, 5.41) is 6.00. The van der Waals surface area contributed by atoms with Gasteiger partial charge in [0.25, 0.3) is 5.91 Å². The molecule has 1 heterocycles. The van der Waals surface area contributed by atoms with Crippen molar-refractivity contribution in [1.82, 2.24) is 10.3 Å². The fraction of sp³-hybridized carbons (Fsp3) is 0.0870. The zero-order valence-electron chi connectivity index (χ0n) is 16.4. The van der Waals surface area contributed by atoms with Gasteiger partial charge in [-0.05, 0) is 72.7 Å². The lowest BCUT2D eigenvalue weighted by molar-refractivity contribution is 0.0977. The van der Waals surface area contributed by atoms with Crippen LogP contribution in [0.15, 0.2) is 65.1 Å². The second-order valence-electron chi connectivity index (χ2n) is 6.78. The molecule has 1 amide bonds. The molecule has 2 N–H and O–H groups in total. The summed E-state index contributed by atoms with van der Waals surface area (Å²) < 4.78 is 19.0. The molecule has 0 saturated heterocycles. The maximum atomic E-state index is 13.3. The number of hydrogen-bond acceptors (Lipinski definition) is 4. The molecule has 0 unspecified atom stereocenters. The van der Waals surface area contributed by atoms with Gasteiger partial charge in [-0.1, -0.05) is 30.7 Å². The Morgan fingerprint density at radius 2 is 1.90 bits per heavy atom. The van der Waals surface area contributed by atoms with Gasteiger partial charge in [0.05, 0.1) is 10.6 Å². The maximum Gasteiger partial charge on any atom is 0.257 e. The van der Waals surface area contributed by atoms with E-state index >= 15 is 0 Å². The molecule has 0 spiro atoms. The van der Waals surface area contributed by atoms with Crippen molar-refractivity contribution in [2.24, 2.45) is 0 Å². The van der Waals surface area contributed by atoms with Crippen LogP contribution in [0.3, 0.4) is 0 Å². The molecule has 0 aliphatic rings. The summed E-state index contributed by atoms with van der Waals surface area (Å²) in [6.45, 7) is 2.05. The van der Waals surface area contributed by atoms with Crippen LogP contribution in [0.2, 0.25) is 5.02 Å². The topological polar surface area (TPSA) is 67.2 Å². The number of thiocarbonyl (C=S) groups is 1.